The molecule has 0 aliphatic rings. The van der Waals surface area contributed by atoms with Gasteiger partial charge in [-0.05, 0) is 27.7 Å². The van der Waals surface area contributed by atoms with E-state index in [0.29, 0.717) is 5.82 Å². The molecule has 0 bridgehead atoms. The number of carbonyl (C=O) groups is 1. The van der Waals surface area contributed by atoms with E-state index in [0.717, 1.165) is 11.4 Å². The molecule has 0 saturated heterocycles. The summed E-state index contributed by atoms with van der Waals surface area (Å²) in [4.78, 5) is 21.3. The van der Waals surface area contributed by atoms with Gasteiger partial charge in [0, 0.05) is 13.2 Å². The van der Waals surface area contributed by atoms with E-state index in [4.69, 9.17) is 5.11 Å². The lowest BCUT2D eigenvalue weighted by Gasteiger charge is -2.33. The van der Waals surface area contributed by atoms with Crippen LogP contribution in [0.5, 0.6) is 0 Å². The van der Waals surface area contributed by atoms with Crippen LogP contribution in [0.4, 0.5) is 5.82 Å². The van der Waals surface area contributed by atoms with Crippen molar-refractivity contribution in [2.45, 2.75) is 33.2 Å². The Hall–Kier alpha value is -1.65. The van der Waals surface area contributed by atoms with E-state index in [2.05, 4.69) is 9.97 Å². The van der Waals surface area contributed by atoms with Crippen molar-refractivity contribution in [3.05, 3.63) is 17.6 Å². The Kier molecular flexibility index (Phi) is 3.16. The van der Waals surface area contributed by atoms with Crippen molar-refractivity contribution >= 4 is 11.8 Å². The summed E-state index contributed by atoms with van der Waals surface area (Å²) >= 11 is 0. The highest BCUT2D eigenvalue weighted by Crippen LogP contribution is 2.22. The largest absolute Gasteiger partial charge is 0.480 e. The summed E-state index contributed by atoms with van der Waals surface area (Å²) in [6.07, 6.45) is 1.67. The van der Waals surface area contributed by atoms with E-state index < -0.39 is 11.5 Å². The average molecular weight is 223 g/mol. The first-order chi connectivity index (χ1) is 7.26. The van der Waals surface area contributed by atoms with Crippen LogP contribution >= 0.6 is 0 Å². The van der Waals surface area contributed by atoms with Gasteiger partial charge in [0.05, 0.1) is 11.4 Å². The molecule has 0 atom stereocenters. The molecule has 1 heterocycles. The molecule has 0 radical (unpaired) electrons. The van der Waals surface area contributed by atoms with Crippen LogP contribution in [-0.4, -0.2) is 33.6 Å². The third kappa shape index (κ3) is 2.13. The molecule has 1 aromatic heterocycles. The van der Waals surface area contributed by atoms with Crippen molar-refractivity contribution in [2.75, 3.05) is 11.9 Å². The van der Waals surface area contributed by atoms with Gasteiger partial charge in [-0.3, -0.25) is 4.98 Å². The first-order valence-electron chi connectivity index (χ1n) is 5.04. The van der Waals surface area contributed by atoms with Crippen LogP contribution in [-0.2, 0) is 4.79 Å². The zero-order valence-corrected chi connectivity index (χ0v) is 10.3. The van der Waals surface area contributed by atoms with E-state index in [-0.39, 0.29) is 0 Å². The predicted octanol–water partition coefficient (Wildman–Crippen LogP) is 1.39. The van der Waals surface area contributed by atoms with Crippen LogP contribution in [0.2, 0.25) is 0 Å². The number of rotatable bonds is 3. The van der Waals surface area contributed by atoms with Gasteiger partial charge in [0.1, 0.15) is 5.54 Å². The number of anilines is 1. The minimum atomic E-state index is -1.01. The number of likely N-dealkylation sites (N-methyl/N-ethyl adjacent to an activating group) is 1. The van der Waals surface area contributed by atoms with Crippen LogP contribution in [0.3, 0.4) is 0 Å². The number of aromatic nitrogens is 2. The van der Waals surface area contributed by atoms with Gasteiger partial charge >= 0.3 is 5.97 Å². The third-order valence-corrected chi connectivity index (χ3v) is 2.73. The number of aliphatic carboxylic acids is 1. The molecule has 0 spiro atoms. The topological polar surface area (TPSA) is 66.3 Å². The molecule has 1 rings (SSSR count). The van der Waals surface area contributed by atoms with E-state index in [1.807, 2.05) is 13.8 Å². The molecule has 0 saturated carbocycles. The quantitative estimate of drug-likeness (QED) is 0.838. The van der Waals surface area contributed by atoms with E-state index in [1.165, 1.54) is 0 Å². The van der Waals surface area contributed by atoms with Gasteiger partial charge in [-0.1, -0.05) is 0 Å². The fourth-order valence-corrected chi connectivity index (χ4v) is 1.25. The molecule has 5 nitrogen and oxygen atoms in total. The van der Waals surface area contributed by atoms with Crippen LogP contribution in [0.15, 0.2) is 6.20 Å². The summed E-state index contributed by atoms with van der Waals surface area (Å²) in [6, 6.07) is 0. The number of aryl methyl sites for hydroxylation is 2. The summed E-state index contributed by atoms with van der Waals surface area (Å²) in [5, 5.41) is 9.14. The maximum Gasteiger partial charge on any atom is 0.328 e. The summed E-state index contributed by atoms with van der Waals surface area (Å²) in [5.74, 6) is -0.287. The van der Waals surface area contributed by atoms with Gasteiger partial charge in [0.25, 0.3) is 0 Å². The fraction of sp³-hybridized carbons (Fsp3) is 0.545. The number of nitrogens with zero attached hydrogens (tertiary/aromatic N) is 3. The van der Waals surface area contributed by atoms with Crippen molar-refractivity contribution in [2.24, 2.45) is 0 Å². The Morgan fingerprint density at radius 1 is 1.44 bits per heavy atom. The third-order valence-electron chi connectivity index (χ3n) is 2.73. The molecule has 0 aliphatic carbocycles. The minimum absolute atomic E-state index is 0.604. The van der Waals surface area contributed by atoms with Crippen molar-refractivity contribution in [3.8, 4) is 0 Å². The Morgan fingerprint density at radius 3 is 2.50 bits per heavy atom. The number of hydrogen-bond donors (Lipinski definition) is 1. The van der Waals surface area contributed by atoms with Gasteiger partial charge in [-0.15, -0.1) is 0 Å². The minimum Gasteiger partial charge on any atom is -0.480 e. The van der Waals surface area contributed by atoms with Crippen molar-refractivity contribution in [1.29, 1.82) is 0 Å². The SMILES string of the molecule is Cc1cnc(C)c(N(C)C(C)(C)C(=O)O)n1. The molecule has 0 aliphatic heterocycles. The van der Waals surface area contributed by atoms with E-state index >= 15 is 0 Å². The van der Waals surface area contributed by atoms with Crippen LogP contribution in [0, 0.1) is 13.8 Å². The van der Waals surface area contributed by atoms with Crippen LogP contribution in [0.1, 0.15) is 25.2 Å². The second-order valence-corrected chi connectivity index (χ2v) is 4.34. The lowest BCUT2D eigenvalue weighted by Crippen LogP contribution is -2.48. The summed E-state index contributed by atoms with van der Waals surface area (Å²) in [7, 11) is 1.71. The van der Waals surface area contributed by atoms with Gasteiger partial charge in [0.15, 0.2) is 5.82 Å². The number of hydrogen-bond acceptors (Lipinski definition) is 4. The maximum atomic E-state index is 11.1. The smallest absolute Gasteiger partial charge is 0.328 e. The summed E-state index contributed by atoms with van der Waals surface area (Å²) in [6.45, 7) is 6.92. The zero-order valence-electron chi connectivity index (χ0n) is 10.3. The van der Waals surface area contributed by atoms with Gasteiger partial charge in [0.2, 0.25) is 0 Å². The monoisotopic (exact) mass is 223 g/mol. The Morgan fingerprint density at radius 2 is 2.00 bits per heavy atom. The molecule has 0 unspecified atom stereocenters. The number of carboxylic acid groups (broad SMARTS) is 1. The van der Waals surface area contributed by atoms with Crippen molar-refractivity contribution in [3.63, 3.8) is 0 Å². The zero-order chi connectivity index (χ0) is 12.5. The van der Waals surface area contributed by atoms with Crippen LogP contribution < -0.4 is 4.90 Å². The molecule has 1 N–H and O–H groups in total. The summed E-state index contributed by atoms with van der Waals surface area (Å²) in [5.41, 5.74) is 0.490. The molecule has 1 aromatic rings. The maximum absolute atomic E-state index is 11.1. The van der Waals surface area contributed by atoms with Gasteiger partial charge in [-0.2, -0.15) is 0 Å². The van der Waals surface area contributed by atoms with Crippen molar-refractivity contribution < 1.29 is 9.90 Å². The number of carboxylic acids is 1. The molecule has 0 aromatic carbocycles. The Labute approximate surface area is 95.1 Å². The molecule has 0 amide bonds. The van der Waals surface area contributed by atoms with Gasteiger partial charge in [-0.25, -0.2) is 9.78 Å². The fourth-order valence-electron chi connectivity index (χ4n) is 1.25. The molecule has 88 valence electrons. The standard InChI is InChI=1S/C11H17N3O2/c1-7-6-12-8(2)9(13-7)14(5)11(3,4)10(15)16/h6H,1-5H3,(H,15,16). The molecular weight excluding hydrogens is 206 g/mol. The highest BCUT2D eigenvalue weighted by molar-refractivity contribution is 5.82. The second kappa shape index (κ2) is 4.08. The molecule has 5 heteroatoms. The summed E-state index contributed by atoms with van der Waals surface area (Å²) < 4.78 is 0. The highest BCUT2D eigenvalue weighted by Gasteiger charge is 2.33. The first kappa shape index (κ1) is 12.4. The molecule has 0 fully saturated rings. The average Bonchev–Trinajstić information content (AvgIpc) is 2.20. The van der Waals surface area contributed by atoms with Gasteiger partial charge < -0.3 is 10.0 Å². The Balaban J connectivity index is 3.19. The van der Waals surface area contributed by atoms with E-state index in [1.54, 1.807) is 32.0 Å². The first-order valence-corrected chi connectivity index (χ1v) is 5.04. The van der Waals surface area contributed by atoms with Crippen LogP contribution in [0.25, 0.3) is 0 Å². The highest BCUT2D eigenvalue weighted by atomic mass is 16.4. The lowest BCUT2D eigenvalue weighted by molar-refractivity contribution is -0.142. The molecule has 16 heavy (non-hydrogen) atoms. The molecular formula is C11H17N3O2. The normalized spacial score (nSPS) is 11.3. The predicted molar refractivity (Wildman–Crippen MR) is 61.6 cm³/mol. The Bertz CT molecular complexity index is 416. The second-order valence-electron chi connectivity index (χ2n) is 4.34. The van der Waals surface area contributed by atoms with Crippen molar-refractivity contribution in [1.82, 2.24) is 9.97 Å². The lowest BCUT2D eigenvalue weighted by atomic mass is 10.0. The van der Waals surface area contributed by atoms with E-state index in [9.17, 15) is 4.79 Å².